The second-order valence-electron chi connectivity index (χ2n) is 3.48. The molecule has 0 aliphatic carbocycles. The number of carboxylic acid groups (broad SMARTS) is 2. The van der Waals surface area contributed by atoms with Gasteiger partial charge >= 0.3 is 24.3 Å². The summed E-state index contributed by atoms with van der Waals surface area (Å²) in [5.74, 6) is 1.09. The maximum absolute atomic E-state index is 12.4. The average Bonchev–Trinajstić information content (AvgIpc) is 2.36. The summed E-state index contributed by atoms with van der Waals surface area (Å²) in [7, 11) is 0. The molecule has 0 amide bonds. The van der Waals surface area contributed by atoms with Gasteiger partial charge < -0.3 is 15.6 Å². The Bertz CT molecular complexity index is 543. The van der Waals surface area contributed by atoms with Crippen LogP contribution < -0.4 is 11.3 Å². The lowest BCUT2D eigenvalue weighted by molar-refractivity contribution is -0.161. The lowest BCUT2D eigenvalue weighted by atomic mass is 10.0. The van der Waals surface area contributed by atoms with Crippen LogP contribution in [0.4, 0.5) is 32.0 Å². The first-order valence-corrected chi connectivity index (χ1v) is 5.02. The van der Waals surface area contributed by atoms with Crippen LogP contribution in [0.3, 0.4) is 0 Å². The van der Waals surface area contributed by atoms with E-state index in [1.54, 1.807) is 5.43 Å². The van der Waals surface area contributed by atoms with Crippen molar-refractivity contribution in [3.63, 3.8) is 0 Å². The molecule has 0 aliphatic rings. The van der Waals surface area contributed by atoms with E-state index in [0.717, 1.165) is 12.1 Å². The molecular weight excluding hydrogens is 326 g/mol. The van der Waals surface area contributed by atoms with E-state index in [-0.39, 0.29) is 0 Å². The summed E-state index contributed by atoms with van der Waals surface area (Å²) in [5.41, 5.74) is -2.81. The van der Waals surface area contributed by atoms with E-state index in [1.807, 2.05) is 0 Å². The lowest BCUT2D eigenvalue weighted by Crippen LogP contribution is -2.20. The van der Waals surface area contributed by atoms with Gasteiger partial charge in [-0.25, -0.2) is 9.59 Å². The summed E-state index contributed by atoms with van der Waals surface area (Å²) in [6.07, 6.45) is -10.2. The highest BCUT2D eigenvalue weighted by atomic mass is 19.4. The fraction of sp³-hybridized carbons (Fsp3) is 0.200. The van der Waals surface area contributed by atoms with E-state index in [1.165, 1.54) is 0 Å². The van der Waals surface area contributed by atoms with Gasteiger partial charge in [-0.2, -0.15) is 26.3 Å². The monoisotopic (exact) mass is 334 g/mol. The Balaban J connectivity index is 0.000000626. The fourth-order valence-corrected chi connectivity index (χ4v) is 1.21. The zero-order chi connectivity index (χ0) is 17.7. The molecule has 0 saturated carbocycles. The van der Waals surface area contributed by atoms with E-state index in [9.17, 15) is 26.3 Å². The van der Waals surface area contributed by atoms with Crippen LogP contribution in [0.15, 0.2) is 18.2 Å². The minimum Gasteiger partial charge on any atom is -0.473 e. The van der Waals surface area contributed by atoms with E-state index in [2.05, 4.69) is 0 Å². The predicted molar refractivity (Wildman–Crippen MR) is 59.5 cm³/mol. The number of hydrogen-bond donors (Lipinski definition) is 4. The van der Waals surface area contributed by atoms with Crippen molar-refractivity contribution >= 4 is 17.6 Å². The van der Waals surface area contributed by atoms with Gasteiger partial charge in [0.25, 0.3) is 0 Å². The Morgan fingerprint density at radius 2 is 1.41 bits per heavy atom. The summed E-state index contributed by atoms with van der Waals surface area (Å²) in [6, 6.07) is 2.01. The van der Waals surface area contributed by atoms with Gasteiger partial charge in [-0.1, -0.05) is 6.07 Å². The van der Waals surface area contributed by atoms with Crippen LogP contribution in [0.25, 0.3) is 0 Å². The number of carbonyl (C=O) groups is 2. The zero-order valence-corrected chi connectivity index (χ0v) is 10.3. The molecule has 0 aliphatic heterocycles. The number of nitrogen functional groups attached to an aromatic ring is 1. The fourth-order valence-electron chi connectivity index (χ4n) is 1.21. The second-order valence-corrected chi connectivity index (χ2v) is 3.48. The number of nitrogens with one attached hydrogen (secondary N) is 1. The van der Waals surface area contributed by atoms with Crippen LogP contribution in [0, 0.1) is 0 Å². The molecule has 0 bridgehead atoms. The van der Waals surface area contributed by atoms with Crippen molar-refractivity contribution in [1.82, 2.24) is 0 Å². The van der Waals surface area contributed by atoms with Crippen molar-refractivity contribution in [3.8, 4) is 0 Å². The van der Waals surface area contributed by atoms with Crippen LogP contribution in [0.2, 0.25) is 0 Å². The molecule has 6 nitrogen and oxygen atoms in total. The number of alkyl halides is 6. The van der Waals surface area contributed by atoms with E-state index >= 15 is 0 Å². The SMILES string of the molecule is NNc1cccc(C(F)(F)F)c1C(F)(F)F.O=C(O)C(=O)O. The number of benzene rings is 1. The van der Waals surface area contributed by atoms with Crippen LogP contribution in [0.1, 0.15) is 11.1 Å². The summed E-state index contributed by atoms with van der Waals surface area (Å²) in [6.45, 7) is 0. The molecular formula is C10H8F6N2O4. The lowest BCUT2D eigenvalue weighted by Gasteiger charge is -2.18. The van der Waals surface area contributed by atoms with Crippen LogP contribution >= 0.6 is 0 Å². The third kappa shape index (κ3) is 5.47. The molecule has 124 valence electrons. The molecule has 0 unspecified atom stereocenters. The van der Waals surface area contributed by atoms with Crippen molar-refractivity contribution < 1.29 is 46.1 Å². The predicted octanol–water partition coefficient (Wildman–Crippen LogP) is 2.17. The number of rotatable bonds is 1. The van der Waals surface area contributed by atoms with Crippen LogP contribution in [0.5, 0.6) is 0 Å². The highest BCUT2D eigenvalue weighted by Crippen LogP contribution is 2.43. The standard InChI is InChI=1S/C8H6F6N2.C2H2O4/c9-7(10,11)4-2-1-3-5(16-15)6(4)8(12,13)14;3-1(4)2(5)6/h1-3,16H,15H2;(H,3,4)(H,5,6). The van der Waals surface area contributed by atoms with Gasteiger partial charge in [0.2, 0.25) is 0 Å². The van der Waals surface area contributed by atoms with Gasteiger partial charge in [0.05, 0.1) is 16.8 Å². The molecule has 0 atom stereocenters. The molecule has 0 saturated heterocycles. The number of carboxylic acids is 2. The minimum absolute atomic E-state index is 0.351. The van der Waals surface area contributed by atoms with Crippen molar-refractivity contribution in [3.05, 3.63) is 29.3 Å². The Morgan fingerprint density at radius 3 is 1.68 bits per heavy atom. The second kappa shape index (κ2) is 6.98. The van der Waals surface area contributed by atoms with Gasteiger partial charge in [-0.3, -0.25) is 5.84 Å². The van der Waals surface area contributed by atoms with Crippen molar-refractivity contribution in [1.29, 1.82) is 0 Å². The molecule has 0 radical (unpaired) electrons. The Morgan fingerprint density at radius 1 is 0.955 bits per heavy atom. The normalized spacial score (nSPS) is 11.2. The summed E-state index contributed by atoms with van der Waals surface area (Å²) >= 11 is 0. The third-order valence-corrected chi connectivity index (χ3v) is 1.99. The van der Waals surface area contributed by atoms with Crippen LogP contribution in [-0.4, -0.2) is 22.2 Å². The van der Waals surface area contributed by atoms with Crippen LogP contribution in [-0.2, 0) is 21.9 Å². The molecule has 5 N–H and O–H groups in total. The average molecular weight is 334 g/mol. The first-order valence-electron chi connectivity index (χ1n) is 5.02. The Hall–Kier alpha value is -2.50. The molecule has 0 fully saturated rings. The van der Waals surface area contributed by atoms with Gasteiger partial charge in [0, 0.05) is 0 Å². The van der Waals surface area contributed by atoms with Gasteiger partial charge in [0.15, 0.2) is 0 Å². The van der Waals surface area contributed by atoms with E-state index < -0.39 is 41.1 Å². The van der Waals surface area contributed by atoms with E-state index in [4.69, 9.17) is 25.6 Å². The minimum atomic E-state index is -5.13. The molecule has 0 spiro atoms. The number of aliphatic carboxylic acids is 2. The number of halogens is 6. The Labute approximate surface area is 118 Å². The topological polar surface area (TPSA) is 113 Å². The first kappa shape index (κ1) is 19.5. The van der Waals surface area contributed by atoms with Gasteiger partial charge in [0.1, 0.15) is 0 Å². The zero-order valence-electron chi connectivity index (χ0n) is 10.3. The number of hydrazine groups is 1. The molecule has 1 aromatic rings. The van der Waals surface area contributed by atoms with E-state index in [0.29, 0.717) is 6.07 Å². The molecule has 22 heavy (non-hydrogen) atoms. The summed E-state index contributed by atoms with van der Waals surface area (Å²) < 4.78 is 74.3. The number of nitrogens with two attached hydrogens (primary N) is 1. The largest absolute Gasteiger partial charge is 0.473 e. The quantitative estimate of drug-likeness (QED) is 0.271. The van der Waals surface area contributed by atoms with Gasteiger partial charge in [-0.05, 0) is 12.1 Å². The van der Waals surface area contributed by atoms with Gasteiger partial charge in [-0.15, -0.1) is 0 Å². The third-order valence-electron chi connectivity index (χ3n) is 1.99. The smallest absolute Gasteiger partial charge is 0.419 e. The van der Waals surface area contributed by atoms with Crippen molar-refractivity contribution in [2.45, 2.75) is 12.4 Å². The summed E-state index contributed by atoms with van der Waals surface area (Å²) in [4.78, 5) is 18.2. The molecule has 1 rings (SSSR count). The molecule has 0 heterocycles. The maximum Gasteiger partial charge on any atom is 0.419 e. The number of anilines is 1. The highest BCUT2D eigenvalue weighted by molar-refractivity contribution is 6.27. The Kier molecular flexibility index (Phi) is 6.18. The molecule has 12 heteroatoms. The maximum atomic E-state index is 12.4. The number of hydrogen-bond acceptors (Lipinski definition) is 4. The first-order chi connectivity index (χ1) is 9.82. The molecule has 1 aromatic carbocycles. The summed E-state index contributed by atoms with van der Waals surface area (Å²) in [5, 5.41) is 14.8. The van der Waals surface area contributed by atoms with Crippen molar-refractivity contribution in [2.24, 2.45) is 5.84 Å². The van der Waals surface area contributed by atoms with Crippen molar-refractivity contribution in [2.75, 3.05) is 5.43 Å². The highest BCUT2D eigenvalue weighted by Gasteiger charge is 2.44. The molecule has 0 aromatic heterocycles.